The number of likely N-dealkylation sites (N-methyl/N-ethyl adjacent to an activating group) is 1. The third-order valence-electron chi connectivity index (χ3n) is 3.60. The van der Waals surface area contributed by atoms with Gasteiger partial charge in [-0.2, -0.15) is 11.8 Å². The lowest BCUT2D eigenvalue weighted by atomic mass is 10.0. The number of ether oxygens (including phenoxy) is 2. The molecule has 106 valence electrons. The second-order valence-corrected chi connectivity index (χ2v) is 5.74. The molecule has 1 aromatic carbocycles. The van der Waals surface area contributed by atoms with Crippen molar-refractivity contribution >= 4 is 11.8 Å². The van der Waals surface area contributed by atoms with Crippen LogP contribution in [0, 0.1) is 0 Å². The summed E-state index contributed by atoms with van der Waals surface area (Å²) >= 11 is 1.85. The molecular weight excluding hydrogens is 260 g/mol. The second kappa shape index (κ2) is 6.50. The van der Waals surface area contributed by atoms with E-state index >= 15 is 0 Å². The Morgan fingerprint density at radius 2 is 2.11 bits per heavy atom. The molecule has 2 rings (SSSR count). The summed E-state index contributed by atoms with van der Waals surface area (Å²) in [7, 11) is 2.13. The summed E-state index contributed by atoms with van der Waals surface area (Å²) in [5.74, 6) is 2.73. The van der Waals surface area contributed by atoms with Gasteiger partial charge in [-0.15, -0.1) is 0 Å². The minimum Gasteiger partial charge on any atom is -0.454 e. The van der Waals surface area contributed by atoms with Crippen LogP contribution in [0.1, 0.15) is 18.5 Å². The van der Waals surface area contributed by atoms with Crippen LogP contribution in [0.5, 0.6) is 11.5 Å². The number of nitrogens with zero attached hydrogens (tertiary/aromatic N) is 1. The lowest BCUT2D eigenvalue weighted by Gasteiger charge is -2.32. The fourth-order valence-corrected chi connectivity index (χ4v) is 3.04. The molecular formula is C14H22N2O2S. The number of fused-ring (bicyclic) bond motifs is 1. The largest absolute Gasteiger partial charge is 0.454 e. The van der Waals surface area contributed by atoms with Crippen molar-refractivity contribution in [1.82, 2.24) is 4.90 Å². The summed E-state index contributed by atoms with van der Waals surface area (Å²) in [6, 6.07) is 6.77. The van der Waals surface area contributed by atoms with Crippen molar-refractivity contribution < 1.29 is 9.47 Å². The minimum atomic E-state index is 0.205. The first-order valence-electron chi connectivity index (χ1n) is 6.47. The van der Waals surface area contributed by atoms with Crippen molar-refractivity contribution in [3.8, 4) is 11.5 Å². The van der Waals surface area contributed by atoms with Gasteiger partial charge in [-0.05, 0) is 37.9 Å². The van der Waals surface area contributed by atoms with Crippen molar-refractivity contribution in [2.45, 2.75) is 19.0 Å². The van der Waals surface area contributed by atoms with Crippen LogP contribution >= 0.6 is 11.8 Å². The molecule has 0 saturated heterocycles. The summed E-state index contributed by atoms with van der Waals surface area (Å²) in [4.78, 5) is 2.33. The molecule has 1 heterocycles. The smallest absolute Gasteiger partial charge is 0.231 e. The third-order valence-corrected chi connectivity index (χ3v) is 4.42. The summed E-state index contributed by atoms with van der Waals surface area (Å²) in [6.07, 6.45) is 2.13. The molecule has 0 amide bonds. The molecule has 0 aliphatic carbocycles. The van der Waals surface area contributed by atoms with Crippen LogP contribution < -0.4 is 15.2 Å². The molecule has 2 atom stereocenters. The zero-order valence-electron chi connectivity index (χ0n) is 11.8. The SMILES string of the molecule is CSCC(C)N(C)C(CN)c1ccc2c(c1)OCO2. The maximum Gasteiger partial charge on any atom is 0.231 e. The molecule has 0 aromatic heterocycles. The Labute approximate surface area is 119 Å². The van der Waals surface area contributed by atoms with E-state index in [-0.39, 0.29) is 6.04 Å². The minimum absolute atomic E-state index is 0.205. The van der Waals surface area contributed by atoms with Gasteiger partial charge in [0.2, 0.25) is 6.79 Å². The molecule has 2 unspecified atom stereocenters. The summed E-state index contributed by atoms with van der Waals surface area (Å²) in [6.45, 7) is 3.13. The van der Waals surface area contributed by atoms with Crippen molar-refractivity contribution in [3.05, 3.63) is 23.8 Å². The fourth-order valence-electron chi connectivity index (χ4n) is 2.32. The molecule has 4 nitrogen and oxygen atoms in total. The van der Waals surface area contributed by atoms with Gasteiger partial charge in [-0.3, -0.25) is 4.90 Å². The van der Waals surface area contributed by atoms with E-state index in [2.05, 4.69) is 31.2 Å². The molecule has 1 aliphatic heterocycles. The van der Waals surface area contributed by atoms with Crippen LogP contribution in [0.2, 0.25) is 0 Å². The molecule has 0 radical (unpaired) electrons. The van der Waals surface area contributed by atoms with Crippen LogP contribution in [0.4, 0.5) is 0 Å². The number of hydrogen-bond acceptors (Lipinski definition) is 5. The first-order valence-corrected chi connectivity index (χ1v) is 7.87. The Balaban J connectivity index is 2.17. The summed E-state index contributed by atoms with van der Waals surface area (Å²) in [5.41, 5.74) is 7.15. The van der Waals surface area contributed by atoms with E-state index in [1.165, 1.54) is 5.56 Å². The molecule has 19 heavy (non-hydrogen) atoms. The van der Waals surface area contributed by atoms with Crippen molar-refractivity contribution in [2.24, 2.45) is 5.73 Å². The van der Waals surface area contributed by atoms with Gasteiger partial charge in [0, 0.05) is 24.4 Å². The zero-order valence-corrected chi connectivity index (χ0v) is 12.6. The van der Waals surface area contributed by atoms with Gasteiger partial charge in [-0.25, -0.2) is 0 Å². The summed E-state index contributed by atoms with van der Waals surface area (Å²) < 4.78 is 10.8. The molecule has 2 N–H and O–H groups in total. The standard InChI is InChI=1S/C14H22N2O2S/c1-10(8-19-3)16(2)12(7-15)11-4-5-13-14(6-11)18-9-17-13/h4-6,10,12H,7-9,15H2,1-3H3. The van der Waals surface area contributed by atoms with Gasteiger partial charge < -0.3 is 15.2 Å². The predicted octanol–water partition coefficient (Wildman–Crippen LogP) is 2.10. The van der Waals surface area contributed by atoms with Gasteiger partial charge in [0.25, 0.3) is 0 Å². The number of rotatable bonds is 6. The average molecular weight is 282 g/mol. The molecule has 1 aromatic rings. The van der Waals surface area contributed by atoms with Crippen LogP contribution in [0.25, 0.3) is 0 Å². The Morgan fingerprint density at radius 3 is 2.79 bits per heavy atom. The number of thioether (sulfide) groups is 1. The third kappa shape index (κ3) is 3.16. The van der Waals surface area contributed by atoms with E-state index in [4.69, 9.17) is 15.2 Å². The van der Waals surface area contributed by atoms with E-state index in [9.17, 15) is 0 Å². The average Bonchev–Trinajstić information content (AvgIpc) is 2.87. The van der Waals surface area contributed by atoms with Crippen LogP contribution in [0.3, 0.4) is 0 Å². The highest BCUT2D eigenvalue weighted by molar-refractivity contribution is 7.98. The Kier molecular flexibility index (Phi) is 4.96. The van der Waals surface area contributed by atoms with E-state index in [0.29, 0.717) is 19.4 Å². The van der Waals surface area contributed by atoms with E-state index < -0.39 is 0 Å². The van der Waals surface area contributed by atoms with Crippen LogP contribution in [-0.4, -0.2) is 43.3 Å². The normalized spacial score (nSPS) is 16.7. The predicted molar refractivity (Wildman–Crippen MR) is 80.0 cm³/mol. The second-order valence-electron chi connectivity index (χ2n) is 4.83. The van der Waals surface area contributed by atoms with Gasteiger partial charge in [0.15, 0.2) is 11.5 Å². The van der Waals surface area contributed by atoms with Gasteiger partial charge >= 0.3 is 0 Å². The highest BCUT2D eigenvalue weighted by Gasteiger charge is 2.22. The molecule has 0 saturated carbocycles. The Hall–Kier alpha value is -0.910. The zero-order chi connectivity index (χ0) is 13.8. The van der Waals surface area contributed by atoms with Crippen LogP contribution in [0.15, 0.2) is 18.2 Å². The van der Waals surface area contributed by atoms with Gasteiger partial charge in [0.05, 0.1) is 0 Å². The number of benzene rings is 1. The first-order chi connectivity index (χ1) is 9.17. The maximum absolute atomic E-state index is 5.96. The van der Waals surface area contributed by atoms with E-state index in [1.54, 1.807) is 0 Å². The van der Waals surface area contributed by atoms with Gasteiger partial charge in [0.1, 0.15) is 0 Å². The molecule has 5 heteroatoms. The lowest BCUT2D eigenvalue weighted by molar-refractivity contribution is 0.173. The topological polar surface area (TPSA) is 47.7 Å². The molecule has 0 bridgehead atoms. The van der Waals surface area contributed by atoms with Crippen LogP contribution in [-0.2, 0) is 0 Å². The maximum atomic E-state index is 5.96. The van der Waals surface area contributed by atoms with Crippen molar-refractivity contribution in [3.63, 3.8) is 0 Å². The van der Waals surface area contributed by atoms with Crippen molar-refractivity contribution in [1.29, 1.82) is 0 Å². The highest BCUT2D eigenvalue weighted by atomic mass is 32.2. The number of hydrogen-bond donors (Lipinski definition) is 1. The summed E-state index contributed by atoms with van der Waals surface area (Å²) in [5, 5.41) is 0. The van der Waals surface area contributed by atoms with E-state index in [0.717, 1.165) is 17.3 Å². The van der Waals surface area contributed by atoms with Gasteiger partial charge in [-0.1, -0.05) is 6.07 Å². The Bertz CT molecular complexity index is 428. The quantitative estimate of drug-likeness (QED) is 0.866. The number of nitrogens with two attached hydrogens (primary N) is 1. The lowest BCUT2D eigenvalue weighted by Crippen LogP contribution is -2.38. The highest BCUT2D eigenvalue weighted by Crippen LogP contribution is 2.35. The van der Waals surface area contributed by atoms with Crippen molar-refractivity contribution in [2.75, 3.05) is 32.4 Å². The fraction of sp³-hybridized carbons (Fsp3) is 0.571. The monoisotopic (exact) mass is 282 g/mol. The molecule has 1 aliphatic rings. The van der Waals surface area contributed by atoms with E-state index in [1.807, 2.05) is 23.9 Å². The molecule has 0 fully saturated rings. The molecule has 0 spiro atoms. The Morgan fingerprint density at radius 1 is 1.37 bits per heavy atom. The first kappa shape index (κ1) is 14.5.